The Hall–Kier alpha value is -1.75. The summed E-state index contributed by atoms with van der Waals surface area (Å²) in [6.07, 6.45) is 4.05. The molecule has 1 atom stereocenters. The van der Waals surface area contributed by atoms with Gasteiger partial charge in [-0.05, 0) is 57.2 Å². The number of carbonyl (C=O) groups is 1. The van der Waals surface area contributed by atoms with Crippen LogP contribution >= 0.6 is 11.8 Å². The highest BCUT2D eigenvalue weighted by molar-refractivity contribution is 7.98. The maximum atomic E-state index is 12.2. The molecule has 4 nitrogen and oxygen atoms in total. The van der Waals surface area contributed by atoms with Crippen LogP contribution in [0.4, 0.5) is 0 Å². The van der Waals surface area contributed by atoms with Gasteiger partial charge < -0.3 is 10.1 Å². The van der Waals surface area contributed by atoms with Crippen molar-refractivity contribution in [3.8, 4) is 5.75 Å². The van der Waals surface area contributed by atoms with Crippen LogP contribution in [0.15, 0.2) is 29.3 Å². The first-order valence-corrected chi connectivity index (χ1v) is 9.08. The molecular weight excluding hydrogens is 308 g/mol. The zero-order valence-electron chi connectivity index (χ0n) is 14.3. The highest BCUT2D eigenvalue weighted by atomic mass is 32.2. The molecule has 1 amide bonds. The molecule has 124 valence electrons. The number of nitrogens with zero attached hydrogens (tertiary/aromatic N) is 1. The lowest BCUT2D eigenvalue weighted by atomic mass is 10.1. The normalized spacial score (nSPS) is 12.4. The Bertz CT molecular complexity index is 701. The van der Waals surface area contributed by atoms with E-state index in [0.29, 0.717) is 12.2 Å². The second-order valence-electron chi connectivity index (χ2n) is 5.87. The standard InChI is InChI=1S/C18H24N2O2S/c1-6-16(18(21)20-11(2)3)22-14-7-12(4)17-13(8-14)9-15(23-5)10-19-17/h7-11,16H,6H2,1-5H3,(H,20,21). The van der Waals surface area contributed by atoms with Gasteiger partial charge in [-0.3, -0.25) is 9.78 Å². The lowest BCUT2D eigenvalue weighted by Crippen LogP contribution is -2.41. The Morgan fingerprint density at radius 1 is 1.35 bits per heavy atom. The third-order valence-corrected chi connectivity index (χ3v) is 4.23. The van der Waals surface area contributed by atoms with Gasteiger partial charge in [0.15, 0.2) is 6.10 Å². The highest BCUT2D eigenvalue weighted by Crippen LogP contribution is 2.27. The molecule has 0 saturated carbocycles. The van der Waals surface area contributed by atoms with E-state index in [9.17, 15) is 4.79 Å². The van der Waals surface area contributed by atoms with E-state index in [1.165, 1.54) is 0 Å². The smallest absolute Gasteiger partial charge is 0.261 e. The van der Waals surface area contributed by atoms with Crippen LogP contribution in [-0.4, -0.2) is 29.3 Å². The summed E-state index contributed by atoms with van der Waals surface area (Å²) in [5.74, 6) is 0.636. The number of nitrogens with one attached hydrogen (secondary N) is 1. The van der Waals surface area contributed by atoms with Gasteiger partial charge in [-0.1, -0.05) is 6.92 Å². The van der Waals surface area contributed by atoms with Gasteiger partial charge in [0.25, 0.3) is 5.91 Å². The molecule has 2 rings (SSSR count). The van der Waals surface area contributed by atoms with Crippen molar-refractivity contribution in [2.45, 2.75) is 51.2 Å². The lowest BCUT2D eigenvalue weighted by molar-refractivity contribution is -0.128. The third-order valence-electron chi connectivity index (χ3n) is 3.53. The summed E-state index contributed by atoms with van der Waals surface area (Å²) in [5.41, 5.74) is 2.01. The van der Waals surface area contributed by atoms with E-state index < -0.39 is 6.10 Å². The van der Waals surface area contributed by atoms with Crippen molar-refractivity contribution in [2.75, 3.05) is 6.26 Å². The molecule has 23 heavy (non-hydrogen) atoms. The summed E-state index contributed by atoms with van der Waals surface area (Å²) >= 11 is 1.66. The molecule has 0 radical (unpaired) electrons. The number of benzene rings is 1. The van der Waals surface area contributed by atoms with Gasteiger partial charge >= 0.3 is 0 Å². The van der Waals surface area contributed by atoms with E-state index in [2.05, 4.69) is 16.4 Å². The molecule has 1 unspecified atom stereocenters. The highest BCUT2D eigenvalue weighted by Gasteiger charge is 2.19. The zero-order valence-corrected chi connectivity index (χ0v) is 15.2. The first-order valence-electron chi connectivity index (χ1n) is 7.86. The maximum absolute atomic E-state index is 12.2. The van der Waals surface area contributed by atoms with Gasteiger partial charge in [-0.25, -0.2) is 0 Å². The summed E-state index contributed by atoms with van der Waals surface area (Å²) in [6.45, 7) is 7.85. The van der Waals surface area contributed by atoms with E-state index in [1.54, 1.807) is 11.8 Å². The summed E-state index contributed by atoms with van der Waals surface area (Å²) in [4.78, 5) is 17.8. The Morgan fingerprint density at radius 3 is 2.70 bits per heavy atom. The molecule has 1 aromatic heterocycles. The average Bonchev–Trinajstić information content (AvgIpc) is 2.51. The van der Waals surface area contributed by atoms with Crippen molar-refractivity contribution in [3.05, 3.63) is 30.0 Å². The van der Waals surface area contributed by atoms with Crippen molar-refractivity contribution >= 4 is 28.6 Å². The average molecular weight is 332 g/mol. The van der Waals surface area contributed by atoms with Crippen LogP contribution in [0.2, 0.25) is 0 Å². The monoisotopic (exact) mass is 332 g/mol. The minimum Gasteiger partial charge on any atom is -0.481 e. The minimum absolute atomic E-state index is 0.0729. The minimum atomic E-state index is -0.481. The fourth-order valence-electron chi connectivity index (χ4n) is 2.42. The van der Waals surface area contributed by atoms with Crippen LogP contribution in [0.25, 0.3) is 10.9 Å². The first-order chi connectivity index (χ1) is 10.9. The fraction of sp³-hybridized carbons (Fsp3) is 0.444. The molecule has 1 N–H and O–H groups in total. The second kappa shape index (κ2) is 7.68. The zero-order chi connectivity index (χ0) is 17.0. The van der Waals surface area contributed by atoms with Crippen LogP contribution < -0.4 is 10.1 Å². The molecule has 1 aromatic carbocycles. The largest absolute Gasteiger partial charge is 0.481 e. The topological polar surface area (TPSA) is 51.2 Å². The van der Waals surface area contributed by atoms with Gasteiger partial charge in [0.05, 0.1) is 5.52 Å². The number of thioether (sulfide) groups is 1. The van der Waals surface area contributed by atoms with Crippen molar-refractivity contribution in [1.82, 2.24) is 10.3 Å². The number of fused-ring (bicyclic) bond motifs is 1. The van der Waals surface area contributed by atoms with E-state index in [1.807, 2.05) is 52.3 Å². The molecule has 1 heterocycles. The number of amides is 1. The van der Waals surface area contributed by atoms with Crippen molar-refractivity contribution < 1.29 is 9.53 Å². The number of aryl methyl sites for hydroxylation is 1. The van der Waals surface area contributed by atoms with Crippen LogP contribution in [0.1, 0.15) is 32.8 Å². The molecule has 0 spiro atoms. The second-order valence-corrected chi connectivity index (χ2v) is 6.74. The number of pyridine rings is 1. The number of aromatic nitrogens is 1. The Labute approximate surface area is 142 Å². The van der Waals surface area contributed by atoms with Gasteiger partial charge in [-0.2, -0.15) is 0 Å². The number of hydrogen-bond acceptors (Lipinski definition) is 4. The van der Waals surface area contributed by atoms with Crippen molar-refractivity contribution in [2.24, 2.45) is 0 Å². The molecule has 5 heteroatoms. The molecule has 2 aromatic rings. The van der Waals surface area contributed by atoms with Crippen molar-refractivity contribution in [3.63, 3.8) is 0 Å². The summed E-state index contributed by atoms with van der Waals surface area (Å²) in [7, 11) is 0. The van der Waals surface area contributed by atoms with Crippen LogP contribution in [0, 0.1) is 6.92 Å². The predicted molar refractivity (Wildman–Crippen MR) is 96.2 cm³/mol. The fourth-order valence-corrected chi connectivity index (χ4v) is 2.82. The summed E-state index contributed by atoms with van der Waals surface area (Å²) in [6, 6.07) is 6.11. The number of carbonyl (C=O) groups excluding carboxylic acids is 1. The van der Waals surface area contributed by atoms with E-state index in [0.717, 1.165) is 21.4 Å². The number of hydrogen-bond donors (Lipinski definition) is 1. The Kier molecular flexibility index (Phi) is 5.88. The van der Waals surface area contributed by atoms with Gasteiger partial charge in [0.2, 0.25) is 0 Å². The van der Waals surface area contributed by atoms with Crippen LogP contribution in [-0.2, 0) is 4.79 Å². The molecular formula is C18H24N2O2S. The number of rotatable bonds is 6. The van der Waals surface area contributed by atoms with Crippen LogP contribution in [0.5, 0.6) is 5.75 Å². The van der Waals surface area contributed by atoms with Gasteiger partial charge in [0.1, 0.15) is 5.75 Å². The van der Waals surface area contributed by atoms with E-state index in [4.69, 9.17) is 4.74 Å². The van der Waals surface area contributed by atoms with E-state index in [-0.39, 0.29) is 11.9 Å². The maximum Gasteiger partial charge on any atom is 0.261 e. The number of ether oxygens (including phenoxy) is 1. The molecule has 0 saturated heterocycles. The quantitative estimate of drug-likeness (QED) is 0.814. The van der Waals surface area contributed by atoms with Gasteiger partial charge in [0, 0.05) is 22.5 Å². The Balaban J connectivity index is 2.29. The molecule has 0 bridgehead atoms. The molecule has 0 fully saturated rings. The van der Waals surface area contributed by atoms with Gasteiger partial charge in [-0.15, -0.1) is 11.8 Å². The molecule has 0 aliphatic heterocycles. The van der Waals surface area contributed by atoms with Crippen molar-refractivity contribution in [1.29, 1.82) is 0 Å². The predicted octanol–water partition coefficient (Wildman–Crippen LogP) is 3.95. The first kappa shape index (κ1) is 17.6. The van der Waals surface area contributed by atoms with Crippen LogP contribution in [0.3, 0.4) is 0 Å². The lowest BCUT2D eigenvalue weighted by Gasteiger charge is -2.19. The summed E-state index contributed by atoms with van der Waals surface area (Å²) in [5, 5.41) is 3.94. The molecule has 0 aliphatic rings. The SMILES string of the molecule is CCC(Oc1cc(C)c2ncc(SC)cc2c1)C(=O)NC(C)C. The summed E-state index contributed by atoms with van der Waals surface area (Å²) < 4.78 is 5.94. The molecule has 0 aliphatic carbocycles. The third kappa shape index (κ3) is 4.38. The Morgan fingerprint density at radius 2 is 2.09 bits per heavy atom. The van der Waals surface area contributed by atoms with E-state index >= 15 is 0 Å².